The SMILES string of the molecule is C1CC2CC[C-]1C2.C1CC2CC[C-]1C2.C1CC2CC[C-]1C2.C1CC2CC[C-]1C2.O=[C-]C(=O)C(=O)C(=O)C1CCC1.[Mo+4].[Mo]. The maximum Gasteiger partial charge on any atom is 4.00 e. The van der Waals surface area contributed by atoms with E-state index in [1.54, 1.807) is 0 Å². The van der Waals surface area contributed by atoms with E-state index in [1.165, 1.54) is 128 Å². The van der Waals surface area contributed by atoms with Gasteiger partial charge in [0.15, 0.2) is 0 Å². The Morgan fingerprint density at radius 1 is 0.500 bits per heavy atom. The Bertz CT molecular complexity index is 726. The molecule has 9 aliphatic carbocycles. The monoisotopic (exact) mass is 743 g/mol. The molecule has 9 rings (SSSR count). The van der Waals surface area contributed by atoms with E-state index in [0.29, 0.717) is 12.8 Å². The molecule has 0 aromatic rings. The fourth-order valence-corrected chi connectivity index (χ4v) is 8.62. The summed E-state index contributed by atoms with van der Waals surface area (Å²) < 4.78 is 0. The second-order valence-electron chi connectivity index (χ2n) is 14.3. The molecule has 0 radical (unpaired) electrons. The van der Waals surface area contributed by atoms with Crippen molar-refractivity contribution in [3.63, 3.8) is 0 Å². The number of hydrogen-bond acceptors (Lipinski definition) is 4. The van der Waals surface area contributed by atoms with Crippen LogP contribution in [0.25, 0.3) is 0 Å². The summed E-state index contributed by atoms with van der Waals surface area (Å²) in [5, 5.41) is 0. The molecule has 4 nitrogen and oxygen atoms in total. The van der Waals surface area contributed by atoms with Crippen molar-refractivity contribution in [3.05, 3.63) is 23.7 Å². The summed E-state index contributed by atoms with van der Waals surface area (Å²) >= 11 is 0. The van der Waals surface area contributed by atoms with Gasteiger partial charge in [-0.3, -0.25) is 0 Å². The Kier molecular flexibility index (Phi) is 15.9. The first-order valence-corrected chi connectivity index (χ1v) is 16.8. The minimum Gasteiger partial charge on any atom is -0.415 e. The van der Waals surface area contributed by atoms with Crippen molar-refractivity contribution < 1.29 is 61.3 Å². The van der Waals surface area contributed by atoms with Crippen LogP contribution in [0.4, 0.5) is 0 Å². The number of hydrogen-bond donors (Lipinski definition) is 0. The summed E-state index contributed by atoms with van der Waals surface area (Å²) in [6.07, 6.45) is 33.1. The van der Waals surface area contributed by atoms with E-state index >= 15 is 0 Å². The summed E-state index contributed by atoms with van der Waals surface area (Å²) in [4.78, 5) is 41.9. The molecule has 0 N–H and O–H groups in total. The summed E-state index contributed by atoms with van der Waals surface area (Å²) in [5.74, 6) is 8.38. The van der Waals surface area contributed by atoms with Crippen LogP contribution in [-0.4, -0.2) is 23.6 Å². The molecule has 232 valence electrons. The van der Waals surface area contributed by atoms with Crippen molar-refractivity contribution in [1.82, 2.24) is 0 Å². The van der Waals surface area contributed by atoms with Gasteiger partial charge in [-0.05, 0) is 12.8 Å². The van der Waals surface area contributed by atoms with Crippen molar-refractivity contribution in [2.24, 2.45) is 29.6 Å². The summed E-state index contributed by atoms with van der Waals surface area (Å²) in [5.41, 5.74) is 0. The summed E-state index contributed by atoms with van der Waals surface area (Å²) in [7, 11) is 0. The Morgan fingerprint density at radius 3 is 0.905 bits per heavy atom. The van der Waals surface area contributed by atoms with Crippen LogP contribution >= 0.6 is 0 Å². The normalized spacial score (nSPS) is 26.4. The molecule has 0 unspecified atom stereocenters. The van der Waals surface area contributed by atoms with Gasteiger partial charge in [0.25, 0.3) is 0 Å². The molecule has 9 saturated carbocycles. The quantitative estimate of drug-likeness (QED) is 0.126. The van der Waals surface area contributed by atoms with Crippen molar-refractivity contribution in [2.75, 3.05) is 0 Å². The third kappa shape index (κ3) is 10.6. The molecule has 0 spiro atoms. The molecule has 8 bridgehead atoms. The van der Waals surface area contributed by atoms with Crippen LogP contribution in [-0.2, 0) is 61.3 Å². The van der Waals surface area contributed by atoms with Crippen molar-refractivity contribution >= 4 is 23.6 Å². The second kappa shape index (κ2) is 18.3. The first kappa shape index (κ1) is 36.5. The van der Waals surface area contributed by atoms with Gasteiger partial charge in [-0.1, -0.05) is 81.5 Å². The molecule has 0 atom stereocenters. The molecular weight excluding hydrogens is 688 g/mol. The fourth-order valence-electron chi connectivity index (χ4n) is 8.62. The summed E-state index contributed by atoms with van der Waals surface area (Å²) in [6, 6.07) is 0. The van der Waals surface area contributed by atoms with E-state index in [2.05, 4.69) is 0 Å². The number of ketones is 3. The van der Waals surface area contributed by atoms with Crippen LogP contribution in [0.3, 0.4) is 0 Å². The average Bonchev–Trinajstić information content (AvgIpc) is 3.83. The number of rotatable bonds is 4. The summed E-state index contributed by atoms with van der Waals surface area (Å²) in [6.45, 7) is 0. The van der Waals surface area contributed by atoms with Gasteiger partial charge in [0.1, 0.15) is 11.6 Å². The molecule has 0 aromatic carbocycles. The molecule has 6 heteroatoms. The van der Waals surface area contributed by atoms with Gasteiger partial charge < -0.3 is 42.8 Å². The zero-order valence-electron chi connectivity index (χ0n) is 25.6. The minimum atomic E-state index is -1.35. The van der Waals surface area contributed by atoms with Crippen molar-refractivity contribution in [1.29, 1.82) is 0 Å². The van der Waals surface area contributed by atoms with Crippen LogP contribution in [0, 0.1) is 53.3 Å². The largest absolute Gasteiger partial charge is 4.00 e. The maximum atomic E-state index is 11.0. The van der Waals surface area contributed by atoms with Crippen LogP contribution in [0.2, 0.25) is 0 Å². The second-order valence-corrected chi connectivity index (χ2v) is 14.3. The number of fused-ring (bicyclic) bond motifs is 8. The third-order valence-corrected chi connectivity index (χ3v) is 11.6. The minimum absolute atomic E-state index is 0. The van der Waals surface area contributed by atoms with E-state index in [4.69, 9.17) is 0 Å². The van der Waals surface area contributed by atoms with Gasteiger partial charge in [0.2, 0.25) is 0 Å². The Hall–Kier alpha value is 0.0566. The van der Waals surface area contributed by atoms with Crippen LogP contribution in [0.1, 0.15) is 148 Å². The van der Waals surface area contributed by atoms with Gasteiger partial charge in [0.05, 0.1) is 5.78 Å². The number of carbonyl (C=O) groups excluding carboxylic acids is 4. The maximum absolute atomic E-state index is 11.0. The van der Waals surface area contributed by atoms with Gasteiger partial charge >= 0.3 is 21.1 Å². The standard InChI is InChI=1S/C8H7O4.4C7H11.2Mo/c9-4-6(10)8(12)7(11)5-2-1-3-5;4*1-2-7-4-3-6(1)5-7;;/h5H,1-3H2;4*6H,1-5H2;;/q5*-1;;+4. The van der Waals surface area contributed by atoms with Crippen molar-refractivity contribution in [2.45, 2.75) is 148 Å². The fraction of sp³-hybridized carbons (Fsp3) is 0.778. The first-order chi connectivity index (χ1) is 19.5. The predicted octanol–water partition coefficient (Wildman–Crippen LogP) is 8.22. The first-order valence-electron chi connectivity index (χ1n) is 16.8. The van der Waals surface area contributed by atoms with Crippen LogP contribution in [0.15, 0.2) is 0 Å². The smallest absolute Gasteiger partial charge is 0.415 e. The number of carbonyl (C=O) groups is 3. The van der Waals surface area contributed by atoms with Crippen LogP contribution in [0.5, 0.6) is 0 Å². The van der Waals surface area contributed by atoms with E-state index in [9.17, 15) is 19.2 Å². The number of Topliss-reactive ketones (excluding diaryl/α,β-unsaturated/α-hetero) is 3. The molecule has 0 aliphatic heterocycles. The molecule has 9 aliphatic rings. The van der Waals surface area contributed by atoms with E-state index in [0.717, 1.165) is 36.4 Å². The Morgan fingerprint density at radius 2 is 0.786 bits per heavy atom. The van der Waals surface area contributed by atoms with Gasteiger partial charge in [-0.25, -0.2) is 0 Å². The molecule has 0 aromatic heterocycles. The van der Waals surface area contributed by atoms with E-state index in [-0.39, 0.29) is 48.0 Å². The average molecular weight is 740 g/mol. The molecule has 0 saturated heterocycles. The molecule has 0 heterocycles. The Labute approximate surface area is 284 Å². The predicted molar refractivity (Wildman–Crippen MR) is 157 cm³/mol. The molecular formula is C36H51Mo2O4-. The van der Waals surface area contributed by atoms with E-state index < -0.39 is 17.3 Å². The molecule has 9 fully saturated rings. The molecule has 0 amide bonds. The van der Waals surface area contributed by atoms with Crippen molar-refractivity contribution in [3.8, 4) is 0 Å². The van der Waals surface area contributed by atoms with Crippen LogP contribution < -0.4 is 0 Å². The van der Waals surface area contributed by atoms with Gasteiger partial charge in [0, 0.05) is 33.3 Å². The zero-order chi connectivity index (χ0) is 27.9. The van der Waals surface area contributed by atoms with Gasteiger partial charge in [-0.2, -0.15) is 77.0 Å². The third-order valence-electron chi connectivity index (χ3n) is 11.6. The molecule has 42 heavy (non-hydrogen) atoms. The Balaban J connectivity index is 0.000000145. The topological polar surface area (TPSA) is 68.3 Å². The van der Waals surface area contributed by atoms with E-state index in [1.807, 2.05) is 23.7 Å². The zero-order valence-corrected chi connectivity index (χ0v) is 29.6. The van der Waals surface area contributed by atoms with Gasteiger partial charge in [-0.15, -0.1) is 0 Å².